The van der Waals surface area contributed by atoms with Crippen LogP contribution in [0.5, 0.6) is 0 Å². The standard InChI is InChI=1S/C31H31N5O3S/c1-23(37)40-28-18-19-35(21-24(28)20-29-32-33-34-36(29)22-30(38)39-2)31(25-12-6-3-7-13-25,26-14-8-4-9-15-26)27-16-10-5-11-17-27/h3-17,20,28H,18-19,21-22H2,1-2H3/b24-20+. The number of ether oxygens (including phenoxy) is 1. The first-order valence-corrected chi connectivity index (χ1v) is 14.0. The number of hydrogen-bond donors (Lipinski definition) is 0. The second-order valence-corrected chi connectivity index (χ2v) is 11.0. The summed E-state index contributed by atoms with van der Waals surface area (Å²) in [5.41, 5.74) is 3.88. The average Bonchev–Trinajstić information content (AvgIpc) is 3.42. The van der Waals surface area contributed by atoms with Gasteiger partial charge in [0.15, 0.2) is 10.9 Å². The molecule has 1 atom stereocenters. The highest BCUT2D eigenvalue weighted by Gasteiger charge is 2.44. The van der Waals surface area contributed by atoms with Gasteiger partial charge in [-0.1, -0.05) is 103 Å². The molecular formula is C31H31N5O3S. The van der Waals surface area contributed by atoms with Gasteiger partial charge in [0, 0.05) is 25.3 Å². The molecule has 40 heavy (non-hydrogen) atoms. The van der Waals surface area contributed by atoms with Crippen molar-refractivity contribution in [2.45, 2.75) is 30.7 Å². The van der Waals surface area contributed by atoms with Crippen molar-refractivity contribution in [2.75, 3.05) is 20.2 Å². The van der Waals surface area contributed by atoms with Crippen molar-refractivity contribution >= 4 is 28.9 Å². The number of likely N-dealkylation sites (tertiary alicyclic amines) is 1. The second kappa shape index (κ2) is 12.4. The molecule has 1 fully saturated rings. The van der Waals surface area contributed by atoms with Gasteiger partial charge in [0.25, 0.3) is 0 Å². The summed E-state index contributed by atoms with van der Waals surface area (Å²) in [5, 5.41) is 12.0. The van der Waals surface area contributed by atoms with Gasteiger partial charge in [-0.3, -0.25) is 14.5 Å². The molecule has 1 unspecified atom stereocenters. The highest BCUT2D eigenvalue weighted by molar-refractivity contribution is 8.14. The van der Waals surface area contributed by atoms with Crippen LogP contribution in [0, 0.1) is 0 Å². The fraction of sp³-hybridized carbons (Fsp3) is 0.258. The van der Waals surface area contributed by atoms with Crippen molar-refractivity contribution in [3.63, 3.8) is 0 Å². The second-order valence-electron chi connectivity index (χ2n) is 9.61. The maximum Gasteiger partial charge on any atom is 0.327 e. The van der Waals surface area contributed by atoms with E-state index in [1.165, 1.54) is 23.6 Å². The van der Waals surface area contributed by atoms with E-state index in [4.69, 9.17) is 4.74 Å². The third-order valence-corrected chi connectivity index (χ3v) is 8.34. The Morgan fingerprint density at radius 1 is 0.950 bits per heavy atom. The van der Waals surface area contributed by atoms with Crippen LogP contribution >= 0.6 is 11.8 Å². The number of benzene rings is 3. The third-order valence-electron chi connectivity index (χ3n) is 7.19. The Labute approximate surface area is 238 Å². The molecule has 0 radical (unpaired) electrons. The lowest BCUT2D eigenvalue weighted by Crippen LogP contribution is -2.52. The fourth-order valence-corrected chi connectivity index (χ4v) is 6.40. The summed E-state index contributed by atoms with van der Waals surface area (Å²) in [4.78, 5) is 26.7. The number of esters is 1. The quantitative estimate of drug-likeness (QED) is 0.232. The molecule has 0 saturated carbocycles. The first-order chi connectivity index (χ1) is 19.5. The lowest BCUT2D eigenvalue weighted by atomic mass is 9.74. The zero-order valence-corrected chi connectivity index (χ0v) is 23.3. The minimum Gasteiger partial charge on any atom is -0.468 e. The van der Waals surface area contributed by atoms with Crippen LogP contribution in [0.1, 0.15) is 35.9 Å². The van der Waals surface area contributed by atoms with Crippen molar-refractivity contribution in [1.29, 1.82) is 0 Å². The van der Waals surface area contributed by atoms with Crippen LogP contribution in [-0.2, 0) is 26.4 Å². The molecule has 1 aliphatic heterocycles. The van der Waals surface area contributed by atoms with Gasteiger partial charge < -0.3 is 4.74 Å². The topological polar surface area (TPSA) is 90.2 Å². The number of carbonyl (C=O) groups excluding carboxylic acids is 2. The highest BCUT2D eigenvalue weighted by atomic mass is 32.2. The largest absolute Gasteiger partial charge is 0.468 e. The SMILES string of the molecule is COC(=O)Cn1nnnc1/C=C1\CN(C(c2ccccc2)(c2ccccc2)c2ccccc2)CCC1SC(C)=O. The Hall–Kier alpha value is -4.08. The van der Waals surface area contributed by atoms with Crippen LogP contribution in [0.15, 0.2) is 96.6 Å². The van der Waals surface area contributed by atoms with Gasteiger partial charge >= 0.3 is 5.97 Å². The zero-order chi connectivity index (χ0) is 28.0. The van der Waals surface area contributed by atoms with E-state index in [1.54, 1.807) is 6.92 Å². The number of nitrogens with zero attached hydrogens (tertiary/aromatic N) is 5. The van der Waals surface area contributed by atoms with Crippen molar-refractivity contribution in [2.24, 2.45) is 0 Å². The van der Waals surface area contributed by atoms with Gasteiger partial charge in [0.1, 0.15) is 6.54 Å². The molecule has 2 heterocycles. The van der Waals surface area contributed by atoms with Crippen molar-refractivity contribution in [3.05, 3.63) is 119 Å². The Balaban J connectivity index is 1.66. The molecule has 0 spiro atoms. The monoisotopic (exact) mass is 553 g/mol. The minimum atomic E-state index is -0.591. The van der Waals surface area contributed by atoms with Gasteiger partial charge in [-0.25, -0.2) is 4.68 Å². The molecule has 0 amide bonds. The minimum absolute atomic E-state index is 0.0444. The van der Waals surface area contributed by atoms with Crippen LogP contribution in [0.4, 0.5) is 0 Å². The summed E-state index contributed by atoms with van der Waals surface area (Å²) in [6.45, 7) is 2.82. The first kappa shape index (κ1) is 27.5. The lowest BCUT2D eigenvalue weighted by Gasteiger charge is -2.49. The molecule has 4 aromatic rings. The Morgan fingerprint density at radius 3 is 2.00 bits per heavy atom. The maximum absolute atomic E-state index is 12.3. The molecule has 0 aliphatic carbocycles. The van der Waals surface area contributed by atoms with E-state index in [9.17, 15) is 9.59 Å². The molecule has 3 aromatic carbocycles. The van der Waals surface area contributed by atoms with Crippen molar-refractivity contribution in [3.8, 4) is 0 Å². The number of hydrogen-bond acceptors (Lipinski definition) is 8. The molecule has 0 bridgehead atoms. The molecule has 1 aliphatic rings. The van der Waals surface area contributed by atoms with Crippen molar-refractivity contribution in [1.82, 2.24) is 25.1 Å². The summed E-state index contributed by atoms with van der Waals surface area (Å²) in [6.07, 6.45) is 2.67. The van der Waals surface area contributed by atoms with E-state index in [-0.39, 0.29) is 16.9 Å². The molecular weight excluding hydrogens is 522 g/mol. The Kier molecular flexibility index (Phi) is 8.52. The Bertz CT molecular complexity index is 1380. The summed E-state index contributed by atoms with van der Waals surface area (Å²) in [5.74, 6) is 0.00395. The zero-order valence-electron chi connectivity index (χ0n) is 22.5. The molecule has 204 valence electrons. The van der Waals surface area contributed by atoms with Gasteiger partial charge in [0.2, 0.25) is 0 Å². The molecule has 0 N–H and O–H groups in total. The van der Waals surface area contributed by atoms with Gasteiger partial charge in [-0.2, -0.15) is 0 Å². The van der Waals surface area contributed by atoms with E-state index in [1.807, 2.05) is 24.3 Å². The number of aromatic nitrogens is 4. The van der Waals surface area contributed by atoms with Crippen LogP contribution in [0.3, 0.4) is 0 Å². The summed E-state index contributed by atoms with van der Waals surface area (Å²) >= 11 is 1.33. The number of piperidine rings is 1. The average molecular weight is 554 g/mol. The van der Waals surface area contributed by atoms with Crippen molar-refractivity contribution < 1.29 is 14.3 Å². The smallest absolute Gasteiger partial charge is 0.327 e. The predicted molar refractivity (Wildman–Crippen MR) is 155 cm³/mol. The number of carbonyl (C=O) groups is 2. The Morgan fingerprint density at radius 2 is 1.50 bits per heavy atom. The molecule has 5 rings (SSSR count). The van der Waals surface area contributed by atoms with E-state index in [0.29, 0.717) is 12.4 Å². The van der Waals surface area contributed by atoms with E-state index >= 15 is 0 Å². The molecule has 8 nitrogen and oxygen atoms in total. The van der Waals surface area contributed by atoms with Crippen LogP contribution in [-0.4, -0.2) is 61.6 Å². The van der Waals surface area contributed by atoms with E-state index in [2.05, 4.69) is 93.2 Å². The fourth-order valence-electron chi connectivity index (χ4n) is 5.49. The molecule has 9 heteroatoms. The first-order valence-electron chi connectivity index (χ1n) is 13.1. The van der Waals surface area contributed by atoms with Gasteiger partial charge in [-0.05, 0) is 45.2 Å². The number of rotatable bonds is 8. The maximum atomic E-state index is 12.3. The summed E-state index contributed by atoms with van der Waals surface area (Å²) < 4.78 is 6.24. The predicted octanol–water partition coefficient (Wildman–Crippen LogP) is 4.58. The van der Waals surface area contributed by atoms with Crippen LogP contribution < -0.4 is 0 Å². The highest BCUT2D eigenvalue weighted by Crippen LogP contribution is 2.45. The van der Waals surface area contributed by atoms with Crippen LogP contribution in [0.25, 0.3) is 6.08 Å². The van der Waals surface area contributed by atoms with Crippen LogP contribution in [0.2, 0.25) is 0 Å². The van der Waals surface area contributed by atoms with Gasteiger partial charge in [-0.15, -0.1) is 5.10 Å². The molecule has 1 aromatic heterocycles. The number of methoxy groups -OCH3 is 1. The number of tetrazole rings is 1. The van der Waals surface area contributed by atoms with E-state index < -0.39 is 11.5 Å². The van der Waals surface area contributed by atoms with E-state index in [0.717, 1.165) is 35.2 Å². The normalized spacial score (nSPS) is 17.1. The summed E-state index contributed by atoms with van der Waals surface area (Å²) in [7, 11) is 1.33. The lowest BCUT2D eigenvalue weighted by molar-refractivity contribution is -0.141. The molecule has 1 saturated heterocycles. The third kappa shape index (κ3) is 5.61. The number of thioether (sulfide) groups is 1. The summed E-state index contributed by atoms with van der Waals surface area (Å²) in [6, 6.07) is 31.6. The van der Waals surface area contributed by atoms with Gasteiger partial charge in [0.05, 0.1) is 12.6 Å².